The summed E-state index contributed by atoms with van der Waals surface area (Å²) >= 11 is 0. The molecule has 2 rings (SSSR count). The highest BCUT2D eigenvalue weighted by atomic mass is 16.1. The first-order chi connectivity index (χ1) is 6.75. The Hall–Kier alpha value is -1.32. The van der Waals surface area contributed by atoms with Crippen LogP contribution in [0.3, 0.4) is 0 Å². The predicted octanol–water partition coefficient (Wildman–Crippen LogP) is 1.01. The normalized spacial score (nSPS) is 22.4. The van der Waals surface area contributed by atoms with Crippen molar-refractivity contribution in [2.45, 2.75) is 19.8 Å². The molecule has 0 aromatic carbocycles. The molecule has 0 spiro atoms. The minimum atomic E-state index is -0.140. The summed E-state index contributed by atoms with van der Waals surface area (Å²) < 4.78 is 0. The smallest absolute Gasteiger partial charge is 0.264 e. The second-order valence-electron chi connectivity index (χ2n) is 3.97. The zero-order valence-electron chi connectivity index (χ0n) is 8.36. The fourth-order valence-electron chi connectivity index (χ4n) is 1.91. The summed E-state index contributed by atoms with van der Waals surface area (Å²) in [6, 6.07) is 3.32. The van der Waals surface area contributed by atoms with Gasteiger partial charge in [0.1, 0.15) is 5.82 Å². The molecule has 4 nitrogen and oxygen atoms in total. The van der Waals surface area contributed by atoms with E-state index in [1.165, 1.54) is 18.9 Å². The summed E-state index contributed by atoms with van der Waals surface area (Å²) in [5.41, 5.74) is -0.140. The fourth-order valence-corrected chi connectivity index (χ4v) is 1.91. The molecule has 0 bridgehead atoms. The largest absolute Gasteiger partial charge is 0.355 e. The van der Waals surface area contributed by atoms with Gasteiger partial charge in [0.15, 0.2) is 0 Å². The zero-order valence-corrected chi connectivity index (χ0v) is 8.36. The first-order valence-electron chi connectivity index (χ1n) is 5.06. The predicted molar refractivity (Wildman–Crippen MR) is 55.5 cm³/mol. The van der Waals surface area contributed by atoms with Crippen LogP contribution in [0.15, 0.2) is 16.9 Å². The molecule has 1 aromatic rings. The Morgan fingerprint density at radius 2 is 2.43 bits per heavy atom. The number of nitrogens with one attached hydrogen (secondary N) is 1. The number of anilines is 1. The van der Waals surface area contributed by atoms with Crippen molar-refractivity contribution in [2.75, 3.05) is 18.0 Å². The van der Waals surface area contributed by atoms with Gasteiger partial charge in [0.05, 0.1) is 0 Å². The van der Waals surface area contributed by atoms with Gasteiger partial charge in [-0.25, -0.2) is 5.10 Å². The number of nitrogens with zero attached hydrogens (tertiary/aromatic N) is 2. The van der Waals surface area contributed by atoms with E-state index in [0.29, 0.717) is 0 Å². The highest BCUT2D eigenvalue weighted by Crippen LogP contribution is 2.19. The monoisotopic (exact) mass is 193 g/mol. The zero-order chi connectivity index (χ0) is 9.97. The van der Waals surface area contributed by atoms with Gasteiger partial charge in [-0.05, 0) is 24.8 Å². The Morgan fingerprint density at radius 3 is 3.07 bits per heavy atom. The van der Waals surface area contributed by atoms with Crippen molar-refractivity contribution in [1.82, 2.24) is 10.2 Å². The lowest BCUT2D eigenvalue weighted by atomic mass is 10.0. The molecule has 0 aliphatic carbocycles. The van der Waals surface area contributed by atoms with Crippen molar-refractivity contribution in [3.63, 3.8) is 0 Å². The summed E-state index contributed by atoms with van der Waals surface area (Å²) in [5.74, 6) is 1.61. The van der Waals surface area contributed by atoms with E-state index < -0.39 is 0 Å². The molecule has 1 saturated heterocycles. The molecule has 76 valence electrons. The summed E-state index contributed by atoms with van der Waals surface area (Å²) in [7, 11) is 0. The van der Waals surface area contributed by atoms with E-state index in [0.717, 1.165) is 24.8 Å². The molecule has 1 atom stereocenters. The lowest BCUT2D eigenvalue weighted by molar-refractivity contribution is 0.443. The number of rotatable bonds is 1. The molecule has 1 fully saturated rings. The molecule has 1 aliphatic heterocycles. The molecule has 4 heteroatoms. The number of hydrogen-bond donors (Lipinski definition) is 1. The van der Waals surface area contributed by atoms with E-state index in [1.807, 2.05) is 0 Å². The van der Waals surface area contributed by atoms with Crippen LogP contribution < -0.4 is 10.5 Å². The van der Waals surface area contributed by atoms with Gasteiger partial charge in [-0.2, -0.15) is 5.10 Å². The molecule has 0 radical (unpaired) electrons. The number of aromatic nitrogens is 2. The van der Waals surface area contributed by atoms with Crippen molar-refractivity contribution >= 4 is 5.82 Å². The first-order valence-corrected chi connectivity index (χ1v) is 5.06. The molecule has 2 heterocycles. The Bertz CT molecular complexity index is 340. The second kappa shape index (κ2) is 3.82. The summed E-state index contributed by atoms with van der Waals surface area (Å²) in [4.78, 5) is 13.1. The van der Waals surface area contributed by atoms with Crippen molar-refractivity contribution in [2.24, 2.45) is 5.92 Å². The standard InChI is InChI=1S/C10H15N3O/c1-8-3-2-6-13(7-8)9-4-5-10(14)12-11-9/h4-5,8H,2-3,6-7H2,1H3,(H,12,14)/t8-/m1/s1. The van der Waals surface area contributed by atoms with Crippen molar-refractivity contribution in [3.8, 4) is 0 Å². The Morgan fingerprint density at radius 1 is 1.57 bits per heavy atom. The Balaban J connectivity index is 2.14. The van der Waals surface area contributed by atoms with E-state index >= 15 is 0 Å². The molecule has 1 aromatic heterocycles. The highest BCUT2D eigenvalue weighted by molar-refractivity contribution is 5.36. The van der Waals surface area contributed by atoms with E-state index in [4.69, 9.17) is 0 Å². The maximum Gasteiger partial charge on any atom is 0.264 e. The van der Waals surface area contributed by atoms with Gasteiger partial charge in [-0.3, -0.25) is 4.79 Å². The number of piperidine rings is 1. The van der Waals surface area contributed by atoms with Gasteiger partial charge in [-0.15, -0.1) is 0 Å². The number of hydrogen-bond acceptors (Lipinski definition) is 3. The molecule has 0 amide bonds. The quantitative estimate of drug-likeness (QED) is 0.724. The Labute approximate surface area is 82.9 Å². The topological polar surface area (TPSA) is 49.0 Å². The maximum atomic E-state index is 10.8. The summed E-state index contributed by atoms with van der Waals surface area (Å²) in [6.07, 6.45) is 2.50. The van der Waals surface area contributed by atoms with E-state index in [9.17, 15) is 4.79 Å². The average molecular weight is 193 g/mol. The van der Waals surface area contributed by atoms with Gasteiger partial charge in [0, 0.05) is 19.2 Å². The van der Waals surface area contributed by atoms with Crippen LogP contribution in [0.25, 0.3) is 0 Å². The van der Waals surface area contributed by atoms with E-state index in [1.54, 1.807) is 6.07 Å². The fraction of sp³-hybridized carbons (Fsp3) is 0.600. The van der Waals surface area contributed by atoms with Gasteiger partial charge < -0.3 is 4.90 Å². The SMILES string of the molecule is C[C@@H]1CCCN(c2ccc(=O)[nH]n2)C1. The molecule has 0 saturated carbocycles. The van der Waals surface area contributed by atoms with E-state index in [-0.39, 0.29) is 5.56 Å². The summed E-state index contributed by atoms with van der Waals surface area (Å²) in [5, 5.41) is 6.49. The minimum Gasteiger partial charge on any atom is -0.355 e. The van der Waals surface area contributed by atoms with Crippen LogP contribution in [0.2, 0.25) is 0 Å². The van der Waals surface area contributed by atoms with Crippen LogP contribution in [-0.4, -0.2) is 23.3 Å². The third kappa shape index (κ3) is 1.95. The molecule has 0 unspecified atom stereocenters. The van der Waals surface area contributed by atoms with Crippen LogP contribution in [-0.2, 0) is 0 Å². The van der Waals surface area contributed by atoms with Crippen molar-refractivity contribution in [3.05, 3.63) is 22.5 Å². The molecular formula is C10H15N3O. The van der Waals surface area contributed by atoms with Crippen LogP contribution in [0.5, 0.6) is 0 Å². The number of aromatic amines is 1. The second-order valence-corrected chi connectivity index (χ2v) is 3.97. The van der Waals surface area contributed by atoms with Crippen LogP contribution in [0.1, 0.15) is 19.8 Å². The lowest BCUT2D eigenvalue weighted by Crippen LogP contribution is -2.35. The van der Waals surface area contributed by atoms with Gasteiger partial charge in [0.2, 0.25) is 0 Å². The van der Waals surface area contributed by atoms with Crippen LogP contribution >= 0.6 is 0 Å². The van der Waals surface area contributed by atoms with Crippen LogP contribution in [0, 0.1) is 5.92 Å². The molecule has 1 aliphatic rings. The third-order valence-corrected chi connectivity index (χ3v) is 2.65. The average Bonchev–Trinajstić information content (AvgIpc) is 2.19. The molecule has 1 N–H and O–H groups in total. The van der Waals surface area contributed by atoms with Crippen molar-refractivity contribution in [1.29, 1.82) is 0 Å². The Kier molecular flexibility index (Phi) is 2.52. The minimum absolute atomic E-state index is 0.140. The molecular weight excluding hydrogens is 178 g/mol. The molecule has 14 heavy (non-hydrogen) atoms. The van der Waals surface area contributed by atoms with E-state index in [2.05, 4.69) is 22.0 Å². The maximum absolute atomic E-state index is 10.8. The first kappa shape index (κ1) is 9.24. The van der Waals surface area contributed by atoms with Gasteiger partial charge in [0.25, 0.3) is 5.56 Å². The highest BCUT2D eigenvalue weighted by Gasteiger charge is 2.17. The van der Waals surface area contributed by atoms with Crippen LogP contribution in [0.4, 0.5) is 5.82 Å². The third-order valence-electron chi connectivity index (χ3n) is 2.65. The summed E-state index contributed by atoms with van der Waals surface area (Å²) in [6.45, 7) is 4.33. The number of H-pyrrole nitrogens is 1. The van der Waals surface area contributed by atoms with Gasteiger partial charge in [-0.1, -0.05) is 6.92 Å². The lowest BCUT2D eigenvalue weighted by Gasteiger charge is -2.31. The van der Waals surface area contributed by atoms with Gasteiger partial charge >= 0.3 is 0 Å². The van der Waals surface area contributed by atoms with Crippen molar-refractivity contribution < 1.29 is 0 Å².